The Hall–Kier alpha value is -1.66. The van der Waals surface area contributed by atoms with Crippen LogP contribution in [0.5, 0.6) is 0 Å². The van der Waals surface area contributed by atoms with Crippen LogP contribution in [0.1, 0.15) is 399 Å². The third kappa shape index (κ3) is 63.5. The quantitative estimate of drug-likeness (QED) is 0.0320. The van der Waals surface area contributed by atoms with Crippen LogP contribution in [-0.4, -0.2) is 47.4 Å². The van der Waals surface area contributed by atoms with E-state index in [0.29, 0.717) is 25.9 Å². The van der Waals surface area contributed by atoms with E-state index in [0.717, 1.165) is 44.9 Å². The maximum atomic E-state index is 12.6. The van der Waals surface area contributed by atoms with Gasteiger partial charge in [-0.1, -0.05) is 353 Å². The van der Waals surface area contributed by atoms with Gasteiger partial charge >= 0.3 is 5.97 Å². The molecule has 0 fully saturated rings. The first-order valence-electron chi connectivity index (χ1n) is 35.6. The standard InChI is InChI=1S/C72H139NO5/c1-3-5-7-9-11-13-15-17-18-19-20-21-22-23-25-28-31-34-37-41-44-48-52-56-60-64-70(75)69(68-74)73-71(76)65-61-57-53-49-45-42-38-35-32-29-26-24-27-30-33-36-39-43-47-51-55-59-63-67-78-72(77)66-62-58-54-50-46-40-16-14-12-10-8-6-4-2/h24,27,29,32,69-70,74-75H,3-23,25-26,28,30-31,33-68H2,1-2H3,(H,73,76)/b27-24-,32-29-. The van der Waals surface area contributed by atoms with Gasteiger partial charge in [0.05, 0.1) is 25.4 Å². The zero-order chi connectivity index (χ0) is 56.4. The van der Waals surface area contributed by atoms with Crippen molar-refractivity contribution in [2.75, 3.05) is 13.2 Å². The Balaban J connectivity index is 3.44. The summed E-state index contributed by atoms with van der Waals surface area (Å²) in [7, 11) is 0. The average molecular weight is 1100 g/mol. The maximum absolute atomic E-state index is 12.6. The third-order valence-electron chi connectivity index (χ3n) is 16.8. The number of aliphatic hydroxyl groups is 2. The van der Waals surface area contributed by atoms with E-state index in [1.807, 2.05) is 0 Å². The van der Waals surface area contributed by atoms with E-state index in [9.17, 15) is 19.8 Å². The fourth-order valence-corrected chi connectivity index (χ4v) is 11.3. The summed E-state index contributed by atoms with van der Waals surface area (Å²) in [4.78, 5) is 24.6. The number of allylic oxidation sites excluding steroid dienone is 4. The minimum atomic E-state index is -0.672. The number of esters is 1. The second-order valence-electron chi connectivity index (χ2n) is 24.6. The number of hydrogen-bond donors (Lipinski definition) is 3. The summed E-state index contributed by atoms with van der Waals surface area (Å²) in [6.45, 7) is 4.98. The molecule has 0 aliphatic carbocycles. The van der Waals surface area contributed by atoms with E-state index in [4.69, 9.17) is 4.74 Å². The van der Waals surface area contributed by atoms with Gasteiger partial charge in [0.1, 0.15) is 0 Å². The predicted molar refractivity (Wildman–Crippen MR) is 343 cm³/mol. The predicted octanol–water partition coefficient (Wildman–Crippen LogP) is 22.9. The van der Waals surface area contributed by atoms with E-state index in [-0.39, 0.29) is 18.5 Å². The molecule has 0 aliphatic heterocycles. The topological polar surface area (TPSA) is 95.9 Å². The van der Waals surface area contributed by atoms with E-state index < -0.39 is 12.1 Å². The molecule has 462 valence electrons. The Bertz CT molecular complexity index is 1220. The van der Waals surface area contributed by atoms with Gasteiger partial charge in [0.15, 0.2) is 0 Å². The number of nitrogens with one attached hydrogen (secondary N) is 1. The number of hydrogen-bond acceptors (Lipinski definition) is 5. The van der Waals surface area contributed by atoms with Crippen molar-refractivity contribution in [1.82, 2.24) is 5.32 Å². The minimum absolute atomic E-state index is 0.00954. The van der Waals surface area contributed by atoms with Crippen LogP contribution in [0.3, 0.4) is 0 Å². The van der Waals surface area contributed by atoms with Crippen molar-refractivity contribution in [3.05, 3.63) is 24.3 Å². The van der Waals surface area contributed by atoms with Gasteiger partial charge in [-0.25, -0.2) is 0 Å². The molecule has 6 heteroatoms. The number of carbonyl (C=O) groups excluding carboxylic acids is 2. The molecule has 2 unspecified atom stereocenters. The summed E-state index contributed by atoms with van der Waals surface area (Å²) in [5.74, 6) is -0.0311. The summed E-state index contributed by atoms with van der Waals surface area (Å²) < 4.78 is 5.48. The summed E-state index contributed by atoms with van der Waals surface area (Å²) in [6.07, 6.45) is 85.1. The van der Waals surface area contributed by atoms with E-state index >= 15 is 0 Å². The van der Waals surface area contributed by atoms with Crippen LogP contribution in [-0.2, 0) is 14.3 Å². The summed E-state index contributed by atoms with van der Waals surface area (Å²) in [5, 5.41) is 23.4. The highest BCUT2D eigenvalue weighted by molar-refractivity contribution is 5.76. The lowest BCUT2D eigenvalue weighted by Crippen LogP contribution is -2.45. The minimum Gasteiger partial charge on any atom is -0.466 e. The molecular formula is C72H139NO5. The summed E-state index contributed by atoms with van der Waals surface area (Å²) in [5.41, 5.74) is 0. The van der Waals surface area contributed by atoms with Crippen molar-refractivity contribution in [2.45, 2.75) is 411 Å². The molecular weight excluding hydrogens is 959 g/mol. The highest BCUT2D eigenvalue weighted by atomic mass is 16.5. The van der Waals surface area contributed by atoms with Gasteiger partial charge in [0.25, 0.3) is 0 Å². The Morgan fingerprint density at radius 3 is 0.974 bits per heavy atom. The largest absolute Gasteiger partial charge is 0.466 e. The van der Waals surface area contributed by atoms with Crippen LogP contribution >= 0.6 is 0 Å². The van der Waals surface area contributed by atoms with E-state index in [2.05, 4.69) is 43.5 Å². The molecule has 0 aromatic rings. The first-order valence-corrected chi connectivity index (χ1v) is 35.6. The van der Waals surface area contributed by atoms with Crippen molar-refractivity contribution in [1.29, 1.82) is 0 Å². The zero-order valence-corrected chi connectivity index (χ0v) is 52.9. The molecule has 78 heavy (non-hydrogen) atoms. The molecule has 0 bridgehead atoms. The molecule has 0 aliphatic rings. The van der Waals surface area contributed by atoms with Crippen molar-refractivity contribution in [2.24, 2.45) is 0 Å². The van der Waals surface area contributed by atoms with Crippen molar-refractivity contribution < 1.29 is 24.5 Å². The van der Waals surface area contributed by atoms with Crippen molar-refractivity contribution in [3.63, 3.8) is 0 Å². The molecule has 0 rings (SSSR count). The molecule has 0 saturated carbocycles. The fraction of sp³-hybridized carbons (Fsp3) is 0.917. The first kappa shape index (κ1) is 76.3. The van der Waals surface area contributed by atoms with Gasteiger partial charge in [-0.3, -0.25) is 9.59 Å². The molecule has 0 saturated heterocycles. The molecule has 3 N–H and O–H groups in total. The highest BCUT2D eigenvalue weighted by Gasteiger charge is 2.20. The van der Waals surface area contributed by atoms with Crippen molar-refractivity contribution >= 4 is 11.9 Å². The molecule has 0 heterocycles. The van der Waals surface area contributed by atoms with Crippen LogP contribution in [0.25, 0.3) is 0 Å². The lowest BCUT2D eigenvalue weighted by molar-refractivity contribution is -0.143. The lowest BCUT2D eigenvalue weighted by Gasteiger charge is -2.22. The number of amides is 1. The van der Waals surface area contributed by atoms with Gasteiger partial charge in [0.2, 0.25) is 5.91 Å². The molecule has 1 amide bonds. The second-order valence-corrected chi connectivity index (χ2v) is 24.6. The van der Waals surface area contributed by atoms with Gasteiger partial charge < -0.3 is 20.3 Å². The van der Waals surface area contributed by atoms with Gasteiger partial charge in [0, 0.05) is 12.8 Å². The third-order valence-corrected chi connectivity index (χ3v) is 16.8. The molecule has 0 aromatic carbocycles. The van der Waals surface area contributed by atoms with Crippen LogP contribution in [0.4, 0.5) is 0 Å². The average Bonchev–Trinajstić information content (AvgIpc) is 3.44. The Kier molecular flexibility index (Phi) is 66.4. The molecule has 0 radical (unpaired) electrons. The second kappa shape index (κ2) is 67.8. The monoisotopic (exact) mass is 1100 g/mol. The van der Waals surface area contributed by atoms with Gasteiger partial charge in [-0.2, -0.15) is 0 Å². The Morgan fingerprint density at radius 1 is 0.359 bits per heavy atom. The smallest absolute Gasteiger partial charge is 0.305 e. The summed E-state index contributed by atoms with van der Waals surface area (Å²) in [6, 6.07) is -0.551. The number of unbranched alkanes of at least 4 members (excludes halogenated alkanes) is 52. The summed E-state index contributed by atoms with van der Waals surface area (Å²) >= 11 is 0. The lowest BCUT2D eigenvalue weighted by atomic mass is 10.0. The molecule has 0 aromatic heterocycles. The number of rotatable bonds is 67. The molecule has 2 atom stereocenters. The number of ether oxygens (including phenoxy) is 1. The van der Waals surface area contributed by atoms with Gasteiger partial charge in [-0.05, 0) is 57.8 Å². The number of carbonyl (C=O) groups is 2. The molecule has 0 spiro atoms. The maximum Gasteiger partial charge on any atom is 0.305 e. The van der Waals surface area contributed by atoms with Crippen LogP contribution in [0, 0.1) is 0 Å². The van der Waals surface area contributed by atoms with Gasteiger partial charge in [-0.15, -0.1) is 0 Å². The zero-order valence-electron chi connectivity index (χ0n) is 52.9. The Morgan fingerprint density at radius 2 is 0.641 bits per heavy atom. The van der Waals surface area contributed by atoms with Crippen LogP contribution < -0.4 is 5.32 Å². The number of aliphatic hydroxyl groups excluding tert-OH is 2. The normalized spacial score (nSPS) is 12.6. The van der Waals surface area contributed by atoms with Crippen LogP contribution in [0.2, 0.25) is 0 Å². The van der Waals surface area contributed by atoms with E-state index in [1.165, 1.54) is 321 Å². The first-order chi connectivity index (χ1) is 38.5. The van der Waals surface area contributed by atoms with Crippen molar-refractivity contribution in [3.8, 4) is 0 Å². The Labute approximate surface area is 488 Å². The van der Waals surface area contributed by atoms with Crippen LogP contribution in [0.15, 0.2) is 24.3 Å². The highest BCUT2D eigenvalue weighted by Crippen LogP contribution is 2.19. The fourth-order valence-electron chi connectivity index (χ4n) is 11.3. The molecule has 6 nitrogen and oxygen atoms in total. The van der Waals surface area contributed by atoms with E-state index in [1.54, 1.807) is 0 Å². The SMILES string of the molecule is CCCCCCCCCCCCCCCCCCCCCCCCCCCC(O)C(CO)NC(=O)CCCCCCCCC/C=C\C/C=C\CCCCCCCCCCCOC(=O)CCCCCCCCCCCCCCC.